The minimum absolute atomic E-state index is 0.292. The molecule has 0 aliphatic heterocycles. The van der Waals surface area contributed by atoms with E-state index in [0.29, 0.717) is 0 Å². The zero-order valence-corrected chi connectivity index (χ0v) is 11.9. The Balaban J connectivity index is 2.66. The molecule has 1 rings (SSSR count). The number of imide groups is 1. The van der Waals surface area contributed by atoms with Crippen LogP contribution in [0.25, 0.3) is 0 Å². The lowest BCUT2D eigenvalue weighted by molar-refractivity contribution is -0.119. The van der Waals surface area contributed by atoms with E-state index >= 15 is 0 Å². The number of amides is 3. The zero-order chi connectivity index (χ0) is 13.7. The Hall–Kier alpha value is -1.49. The van der Waals surface area contributed by atoms with Crippen molar-refractivity contribution in [1.82, 2.24) is 10.6 Å². The molecule has 0 aliphatic rings. The van der Waals surface area contributed by atoms with E-state index in [1.54, 1.807) is 6.92 Å². The van der Waals surface area contributed by atoms with Crippen molar-refractivity contribution in [3.05, 3.63) is 29.3 Å². The molecule has 0 unspecified atom stereocenters. The number of hydrogen-bond donors (Lipinski definition) is 2. The van der Waals surface area contributed by atoms with Gasteiger partial charge in [0.05, 0.1) is 5.25 Å². The molecule has 1 atom stereocenters. The SMILES string of the molecule is CNC(=O)NC(=O)[C@H](C)Sc1ccc(C)cc1C. The van der Waals surface area contributed by atoms with Gasteiger partial charge in [0.1, 0.15) is 0 Å². The largest absolute Gasteiger partial charge is 0.341 e. The fourth-order valence-corrected chi connectivity index (χ4v) is 2.39. The molecule has 0 saturated heterocycles. The molecule has 0 radical (unpaired) electrons. The van der Waals surface area contributed by atoms with Crippen molar-refractivity contribution in [2.45, 2.75) is 30.9 Å². The topological polar surface area (TPSA) is 58.2 Å². The van der Waals surface area contributed by atoms with Gasteiger partial charge in [0.25, 0.3) is 0 Å². The molecule has 0 spiro atoms. The summed E-state index contributed by atoms with van der Waals surface area (Å²) in [6.45, 7) is 5.82. The van der Waals surface area contributed by atoms with Gasteiger partial charge >= 0.3 is 6.03 Å². The van der Waals surface area contributed by atoms with E-state index in [4.69, 9.17) is 0 Å². The summed E-state index contributed by atoms with van der Waals surface area (Å²) in [5.41, 5.74) is 2.33. The van der Waals surface area contributed by atoms with Crippen molar-refractivity contribution in [3.8, 4) is 0 Å². The van der Waals surface area contributed by atoms with Gasteiger partial charge in [-0.15, -0.1) is 11.8 Å². The second kappa shape index (κ2) is 6.44. The smallest absolute Gasteiger partial charge is 0.321 e. The van der Waals surface area contributed by atoms with Crippen LogP contribution in [0, 0.1) is 13.8 Å². The van der Waals surface area contributed by atoms with Gasteiger partial charge in [-0.1, -0.05) is 17.7 Å². The monoisotopic (exact) mass is 266 g/mol. The lowest BCUT2D eigenvalue weighted by Gasteiger charge is -2.13. The molecule has 0 aromatic heterocycles. The maximum absolute atomic E-state index is 11.7. The molecule has 0 heterocycles. The van der Waals surface area contributed by atoms with Crippen molar-refractivity contribution in [2.24, 2.45) is 0 Å². The summed E-state index contributed by atoms with van der Waals surface area (Å²) in [6, 6.07) is 5.61. The summed E-state index contributed by atoms with van der Waals surface area (Å²) in [6.07, 6.45) is 0. The predicted molar refractivity (Wildman–Crippen MR) is 73.8 cm³/mol. The lowest BCUT2D eigenvalue weighted by Crippen LogP contribution is -2.41. The van der Waals surface area contributed by atoms with Gasteiger partial charge in [-0.3, -0.25) is 10.1 Å². The third kappa shape index (κ3) is 4.07. The Bertz CT molecular complexity index is 460. The summed E-state index contributed by atoms with van der Waals surface area (Å²) >= 11 is 1.45. The normalized spacial score (nSPS) is 11.8. The van der Waals surface area contributed by atoms with E-state index in [9.17, 15) is 9.59 Å². The number of thioether (sulfide) groups is 1. The maximum atomic E-state index is 11.7. The minimum Gasteiger partial charge on any atom is -0.341 e. The average Bonchev–Trinajstić information content (AvgIpc) is 2.32. The number of urea groups is 1. The number of carbonyl (C=O) groups excluding carboxylic acids is 2. The van der Waals surface area contributed by atoms with Gasteiger partial charge in [0.15, 0.2) is 0 Å². The van der Waals surface area contributed by atoms with Gasteiger partial charge in [-0.25, -0.2) is 4.79 Å². The van der Waals surface area contributed by atoms with Gasteiger partial charge in [-0.2, -0.15) is 0 Å². The summed E-state index contributed by atoms with van der Waals surface area (Å²) in [5.74, 6) is -0.292. The number of hydrogen-bond acceptors (Lipinski definition) is 3. The first kappa shape index (κ1) is 14.6. The first-order valence-corrected chi connectivity index (χ1v) is 6.58. The van der Waals surface area contributed by atoms with Crippen LogP contribution in [-0.4, -0.2) is 24.2 Å². The Kier molecular flexibility index (Phi) is 5.22. The molecule has 0 fully saturated rings. The minimum atomic E-state index is -0.479. The number of benzene rings is 1. The average molecular weight is 266 g/mol. The van der Waals surface area contributed by atoms with Crippen LogP contribution in [0.2, 0.25) is 0 Å². The highest BCUT2D eigenvalue weighted by molar-refractivity contribution is 8.00. The van der Waals surface area contributed by atoms with Crippen LogP contribution in [-0.2, 0) is 4.79 Å². The van der Waals surface area contributed by atoms with Crippen LogP contribution in [0.5, 0.6) is 0 Å². The van der Waals surface area contributed by atoms with Gasteiger partial charge in [-0.05, 0) is 32.4 Å². The highest BCUT2D eigenvalue weighted by atomic mass is 32.2. The molecule has 4 nitrogen and oxygen atoms in total. The van der Waals surface area contributed by atoms with Gasteiger partial charge in [0.2, 0.25) is 5.91 Å². The molecule has 3 amide bonds. The Morgan fingerprint density at radius 2 is 1.94 bits per heavy atom. The van der Waals surface area contributed by atoms with Crippen LogP contribution in [0.1, 0.15) is 18.1 Å². The van der Waals surface area contributed by atoms with Crippen LogP contribution in [0.3, 0.4) is 0 Å². The Morgan fingerprint density at radius 3 is 2.50 bits per heavy atom. The first-order valence-electron chi connectivity index (χ1n) is 5.70. The van der Waals surface area contributed by atoms with E-state index in [1.165, 1.54) is 24.4 Å². The Morgan fingerprint density at radius 1 is 1.28 bits per heavy atom. The summed E-state index contributed by atoms with van der Waals surface area (Å²) in [4.78, 5) is 23.8. The predicted octanol–water partition coefficient (Wildman–Crippen LogP) is 2.24. The van der Waals surface area contributed by atoms with Crippen molar-refractivity contribution >= 4 is 23.7 Å². The van der Waals surface area contributed by atoms with E-state index in [0.717, 1.165) is 10.5 Å². The lowest BCUT2D eigenvalue weighted by atomic mass is 10.2. The van der Waals surface area contributed by atoms with Crippen molar-refractivity contribution in [2.75, 3.05) is 7.05 Å². The number of rotatable bonds is 3. The molecular formula is C13H18N2O2S. The quantitative estimate of drug-likeness (QED) is 0.825. The summed E-state index contributed by atoms with van der Waals surface area (Å²) in [7, 11) is 1.48. The molecule has 1 aromatic carbocycles. The third-order valence-electron chi connectivity index (χ3n) is 2.47. The van der Waals surface area contributed by atoms with Gasteiger partial charge < -0.3 is 5.32 Å². The molecule has 0 saturated carbocycles. The molecule has 0 aliphatic carbocycles. The molecule has 0 bridgehead atoms. The van der Waals surface area contributed by atoms with Crippen molar-refractivity contribution in [1.29, 1.82) is 0 Å². The number of aryl methyl sites for hydroxylation is 2. The highest BCUT2D eigenvalue weighted by Crippen LogP contribution is 2.27. The number of carbonyl (C=O) groups is 2. The molecule has 98 valence electrons. The molecule has 18 heavy (non-hydrogen) atoms. The van der Waals surface area contributed by atoms with Crippen LogP contribution in [0.15, 0.2) is 23.1 Å². The van der Waals surface area contributed by atoms with Crippen LogP contribution in [0.4, 0.5) is 4.79 Å². The highest BCUT2D eigenvalue weighted by Gasteiger charge is 2.17. The molecule has 1 aromatic rings. The summed E-state index contributed by atoms with van der Waals surface area (Å²) < 4.78 is 0. The summed E-state index contributed by atoms with van der Waals surface area (Å²) in [5, 5.41) is 4.31. The van der Waals surface area contributed by atoms with E-state index in [1.807, 2.05) is 26.0 Å². The standard InChI is InChI=1S/C13H18N2O2S/c1-8-5-6-11(9(2)7-8)18-10(3)12(16)15-13(17)14-4/h5-7,10H,1-4H3,(H2,14,15,16,17)/t10-/m0/s1. The first-order chi connectivity index (χ1) is 8.43. The molecule has 5 heteroatoms. The second-order valence-electron chi connectivity index (χ2n) is 4.10. The van der Waals surface area contributed by atoms with E-state index in [-0.39, 0.29) is 11.2 Å². The van der Waals surface area contributed by atoms with Crippen LogP contribution >= 0.6 is 11.8 Å². The van der Waals surface area contributed by atoms with Gasteiger partial charge in [0, 0.05) is 11.9 Å². The maximum Gasteiger partial charge on any atom is 0.321 e. The van der Waals surface area contributed by atoms with Crippen molar-refractivity contribution < 1.29 is 9.59 Å². The third-order valence-corrected chi connectivity index (χ3v) is 3.75. The molecule has 2 N–H and O–H groups in total. The van der Waals surface area contributed by atoms with Crippen molar-refractivity contribution in [3.63, 3.8) is 0 Å². The van der Waals surface area contributed by atoms with E-state index < -0.39 is 6.03 Å². The van der Waals surface area contributed by atoms with E-state index in [2.05, 4.69) is 16.7 Å². The second-order valence-corrected chi connectivity index (χ2v) is 5.48. The fourth-order valence-electron chi connectivity index (χ4n) is 1.45. The molecular weight excluding hydrogens is 248 g/mol. The fraction of sp³-hybridized carbons (Fsp3) is 0.385. The van der Waals surface area contributed by atoms with Crippen LogP contribution < -0.4 is 10.6 Å². The Labute approximate surface area is 112 Å². The zero-order valence-electron chi connectivity index (χ0n) is 11.0. The number of nitrogens with one attached hydrogen (secondary N) is 2.